The summed E-state index contributed by atoms with van der Waals surface area (Å²) in [7, 11) is 0. The van der Waals surface area contributed by atoms with E-state index in [1.807, 2.05) is 6.26 Å². The van der Waals surface area contributed by atoms with Crippen molar-refractivity contribution in [1.82, 2.24) is 4.73 Å². The monoisotopic (exact) mass is 434 g/mol. The molecule has 2 rings (SSSR count). The van der Waals surface area contributed by atoms with Crippen molar-refractivity contribution in [2.75, 3.05) is 12.0 Å². The summed E-state index contributed by atoms with van der Waals surface area (Å²) in [5.41, 5.74) is 6.27. The topological polar surface area (TPSA) is 94.6 Å². The number of halogens is 1. The van der Waals surface area contributed by atoms with E-state index in [4.69, 9.17) is 10.6 Å². The molecule has 0 radical (unpaired) electrons. The van der Waals surface area contributed by atoms with Crippen molar-refractivity contribution >= 4 is 57.2 Å². The summed E-state index contributed by atoms with van der Waals surface area (Å²) in [5.74, 6) is -1.13. The minimum atomic E-state index is -1.17. The number of alkyl halides is 1. The quantitative estimate of drug-likeness (QED) is 0.532. The molecule has 22 heavy (non-hydrogen) atoms. The molecule has 0 aliphatic heterocycles. The maximum Gasteiger partial charge on any atom is 0.356 e. The van der Waals surface area contributed by atoms with E-state index in [0.29, 0.717) is 16.7 Å². The highest BCUT2D eigenvalue weighted by Crippen LogP contribution is 2.19. The van der Waals surface area contributed by atoms with Gasteiger partial charge in [-0.3, -0.25) is 0 Å². The van der Waals surface area contributed by atoms with Gasteiger partial charge in [-0.05, 0) is 18.4 Å². The number of thioether (sulfide) groups is 1. The summed E-state index contributed by atoms with van der Waals surface area (Å²) < 4.78 is 0.928. The zero-order chi connectivity index (χ0) is 16.3. The van der Waals surface area contributed by atoms with Crippen LogP contribution in [0.15, 0.2) is 30.3 Å². The molecule has 0 bridgehead atoms. The predicted molar refractivity (Wildman–Crippen MR) is 94.6 cm³/mol. The number of benzene rings is 1. The minimum absolute atomic E-state index is 0.102. The SMILES string of the molecule is CSCC(I)C(N)C(=O)On1c(C(=O)O)cc2ccccc21. The fraction of sp³-hybridized carbons (Fsp3) is 0.286. The lowest BCUT2D eigenvalue weighted by molar-refractivity contribution is -0.145. The summed E-state index contributed by atoms with van der Waals surface area (Å²) in [6.45, 7) is 0. The van der Waals surface area contributed by atoms with Gasteiger partial charge in [0.15, 0.2) is 5.69 Å². The highest BCUT2D eigenvalue weighted by Gasteiger charge is 2.26. The van der Waals surface area contributed by atoms with Crippen molar-refractivity contribution in [3.8, 4) is 0 Å². The number of nitrogens with two attached hydrogens (primary N) is 1. The van der Waals surface area contributed by atoms with Crippen LogP contribution in [0.25, 0.3) is 10.9 Å². The van der Waals surface area contributed by atoms with Gasteiger partial charge >= 0.3 is 11.9 Å². The van der Waals surface area contributed by atoms with E-state index in [1.54, 1.807) is 36.0 Å². The maximum atomic E-state index is 12.2. The molecule has 1 aromatic carbocycles. The number of rotatable bonds is 6. The third kappa shape index (κ3) is 3.55. The zero-order valence-electron chi connectivity index (χ0n) is 11.7. The van der Waals surface area contributed by atoms with Crippen LogP contribution in [0.5, 0.6) is 0 Å². The smallest absolute Gasteiger partial charge is 0.356 e. The van der Waals surface area contributed by atoms with Gasteiger partial charge in [0, 0.05) is 15.1 Å². The van der Waals surface area contributed by atoms with Crippen LogP contribution in [-0.4, -0.2) is 43.8 Å². The van der Waals surface area contributed by atoms with Crippen LogP contribution >= 0.6 is 34.4 Å². The molecule has 118 valence electrons. The van der Waals surface area contributed by atoms with Crippen LogP contribution in [0.4, 0.5) is 0 Å². The largest absolute Gasteiger partial charge is 0.476 e. The number of carboxylic acid groups (broad SMARTS) is 1. The molecule has 0 saturated heterocycles. The Morgan fingerprint density at radius 2 is 2.14 bits per heavy atom. The average Bonchev–Trinajstić information content (AvgIpc) is 2.86. The van der Waals surface area contributed by atoms with E-state index < -0.39 is 18.0 Å². The van der Waals surface area contributed by atoms with Gasteiger partial charge in [0.05, 0.1) is 5.52 Å². The van der Waals surface area contributed by atoms with Crippen molar-refractivity contribution < 1.29 is 19.5 Å². The first-order chi connectivity index (χ1) is 10.5. The fourth-order valence-corrected chi connectivity index (χ4v) is 3.84. The first-order valence-electron chi connectivity index (χ1n) is 6.40. The molecule has 0 aliphatic carbocycles. The average molecular weight is 434 g/mol. The number of hydrogen-bond acceptors (Lipinski definition) is 5. The Bertz CT molecular complexity index is 703. The number of aromatic carboxylic acids is 1. The number of carbonyl (C=O) groups is 2. The third-order valence-corrected chi connectivity index (χ3v) is 5.56. The highest BCUT2D eigenvalue weighted by atomic mass is 127. The Balaban J connectivity index is 2.32. The molecule has 2 atom stereocenters. The molecule has 2 aromatic rings. The van der Waals surface area contributed by atoms with Gasteiger partial charge in [0.2, 0.25) is 0 Å². The highest BCUT2D eigenvalue weighted by molar-refractivity contribution is 14.1. The molecule has 2 unspecified atom stereocenters. The van der Waals surface area contributed by atoms with Crippen LogP contribution in [-0.2, 0) is 4.79 Å². The first-order valence-corrected chi connectivity index (χ1v) is 9.04. The van der Waals surface area contributed by atoms with Gasteiger partial charge in [0.1, 0.15) is 6.04 Å². The van der Waals surface area contributed by atoms with Gasteiger partial charge in [-0.1, -0.05) is 40.8 Å². The number of para-hydroxylation sites is 1. The number of carboxylic acids is 1. The van der Waals surface area contributed by atoms with Gasteiger partial charge in [-0.15, -0.1) is 0 Å². The van der Waals surface area contributed by atoms with E-state index >= 15 is 0 Å². The van der Waals surface area contributed by atoms with Crippen molar-refractivity contribution in [2.24, 2.45) is 5.73 Å². The fourth-order valence-electron chi connectivity index (χ4n) is 1.94. The number of carbonyl (C=O) groups excluding carboxylic acids is 1. The summed E-state index contributed by atoms with van der Waals surface area (Å²) in [6.07, 6.45) is 1.92. The van der Waals surface area contributed by atoms with Crippen LogP contribution in [0.1, 0.15) is 10.5 Å². The van der Waals surface area contributed by atoms with Crippen LogP contribution in [0, 0.1) is 0 Å². The molecule has 0 spiro atoms. The van der Waals surface area contributed by atoms with Crippen molar-refractivity contribution in [3.63, 3.8) is 0 Å². The molecule has 0 fully saturated rings. The molecule has 0 saturated carbocycles. The Kier molecular flexibility index (Phi) is 5.70. The summed E-state index contributed by atoms with van der Waals surface area (Å²) >= 11 is 3.67. The molecular weight excluding hydrogens is 419 g/mol. The molecule has 1 aromatic heterocycles. The van der Waals surface area contributed by atoms with E-state index in [9.17, 15) is 14.7 Å². The number of hydrogen-bond donors (Lipinski definition) is 2. The Hall–Kier alpha value is -1.26. The third-order valence-electron chi connectivity index (χ3n) is 3.05. The standard InChI is InChI=1S/C14H15IN2O4S/c1-22-7-9(15)12(16)14(20)21-17-10-5-3-2-4-8(10)6-11(17)13(18)19/h2-6,9,12H,7,16H2,1H3,(H,18,19). The zero-order valence-corrected chi connectivity index (χ0v) is 14.7. The van der Waals surface area contributed by atoms with Gasteiger partial charge < -0.3 is 15.7 Å². The van der Waals surface area contributed by atoms with E-state index in [-0.39, 0.29) is 9.62 Å². The molecule has 0 aliphatic rings. The van der Waals surface area contributed by atoms with E-state index in [1.165, 1.54) is 6.07 Å². The number of nitrogens with zero attached hydrogens (tertiary/aromatic N) is 1. The second-order valence-electron chi connectivity index (χ2n) is 4.60. The molecule has 0 amide bonds. The van der Waals surface area contributed by atoms with Gasteiger partial charge in [-0.2, -0.15) is 16.5 Å². The van der Waals surface area contributed by atoms with Gasteiger partial charge in [0.25, 0.3) is 0 Å². The molecular formula is C14H15IN2O4S. The lowest BCUT2D eigenvalue weighted by Crippen LogP contribution is -2.45. The summed E-state index contributed by atoms with van der Waals surface area (Å²) in [6, 6.07) is 7.60. The lowest BCUT2D eigenvalue weighted by atomic mass is 10.2. The molecule has 1 heterocycles. The minimum Gasteiger partial charge on any atom is -0.476 e. The van der Waals surface area contributed by atoms with Crippen LogP contribution in [0.2, 0.25) is 0 Å². The predicted octanol–water partition coefficient (Wildman–Crippen LogP) is 1.79. The van der Waals surface area contributed by atoms with Crippen molar-refractivity contribution in [3.05, 3.63) is 36.0 Å². The van der Waals surface area contributed by atoms with E-state index in [2.05, 4.69) is 22.6 Å². The lowest BCUT2D eigenvalue weighted by Gasteiger charge is -2.17. The first kappa shape index (κ1) is 17.1. The van der Waals surface area contributed by atoms with Crippen molar-refractivity contribution in [1.29, 1.82) is 0 Å². The van der Waals surface area contributed by atoms with Crippen LogP contribution < -0.4 is 10.6 Å². The molecule has 6 nitrogen and oxygen atoms in total. The number of aromatic nitrogens is 1. The second kappa shape index (κ2) is 7.34. The van der Waals surface area contributed by atoms with Crippen molar-refractivity contribution in [2.45, 2.75) is 9.97 Å². The van der Waals surface area contributed by atoms with Gasteiger partial charge in [-0.25, -0.2) is 9.59 Å². The Labute approximate surface area is 145 Å². The van der Waals surface area contributed by atoms with Crippen LogP contribution in [0.3, 0.4) is 0 Å². The summed E-state index contributed by atoms with van der Waals surface area (Å²) in [5, 5.41) is 9.94. The maximum absolute atomic E-state index is 12.2. The normalized spacial score (nSPS) is 13.8. The Morgan fingerprint density at radius 3 is 2.77 bits per heavy atom. The molecule has 8 heteroatoms. The molecule has 3 N–H and O–H groups in total. The Morgan fingerprint density at radius 1 is 1.45 bits per heavy atom. The number of fused-ring (bicyclic) bond motifs is 1. The summed E-state index contributed by atoms with van der Waals surface area (Å²) in [4.78, 5) is 28.7. The van der Waals surface area contributed by atoms with E-state index in [0.717, 1.165) is 4.73 Å². The second-order valence-corrected chi connectivity index (χ2v) is 7.11.